The Labute approximate surface area is 249 Å². The number of hydrogen-bond acceptors (Lipinski definition) is 7. The van der Waals surface area contributed by atoms with Crippen LogP contribution in [-0.4, -0.2) is 72.9 Å². The summed E-state index contributed by atoms with van der Waals surface area (Å²) >= 11 is 0. The minimum Gasteiger partial charge on any atom is -0.411 e. The Hall–Kier alpha value is -3.65. The van der Waals surface area contributed by atoms with Gasteiger partial charge in [-0.05, 0) is 69.9 Å². The molecule has 3 atom stereocenters. The van der Waals surface area contributed by atoms with Gasteiger partial charge < -0.3 is 20.4 Å². The van der Waals surface area contributed by atoms with Crippen molar-refractivity contribution in [3.8, 4) is 0 Å². The molecule has 2 aromatic heterocycles. The van der Waals surface area contributed by atoms with Crippen molar-refractivity contribution in [2.45, 2.75) is 94.8 Å². The van der Waals surface area contributed by atoms with Crippen LogP contribution in [0, 0.1) is 22.7 Å². The number of amides is 2. The molecule has 10 nitrogen and oxygen atoms in total. The lowest BCUT2D eigenvalue weighted by molar-refractivity contribution is -0.225. The number of rotatable bonds is 8. The summed E-state index contributed by atoms with van der Waals surface area (Å²) < 4.78 is 69.8. The van der Waals surface area contributed by atoms with Gasteiger partial charge in [0.05, 0.1) is 28.7 Å². The fourth-order valence-corrected chi connectivity index (χ4v) is 7.43. The largest absolute Gasteiger partial charge is 0.411 e. The van der Waals surface area contributed by atoms with Crippen LogP contribution in [0.1, 0.15) is 88.3 Å². The second-order valence-corrected chi connectivity index (χ2v) is 13.0. The number of halogens is 5. The van der Waals surface area contributed by atoms with Crippen molar-refractivity contribution in [3.05, 3.63) is 23.7 Å². The van der Waals surface area contributed by atoms with Gasteiger partial charge in [0.1, 0.15) is 22.9 Å². The monoisotopic (exact) mass is 623 g/mol. The lowest BCUT2D eigenvalue weighted by atomic mass is 9.41. The molecule has 5 aliphatic rings. The van der Waals surface area contributed by atoms with Gasteiger partial charge in [0.15, 0.2) is 5.65 Å². The van der Waals surface area contributed by atoms with Crippen LogP contribution in [0.3, 0.4) is 0 Å². The highest BCUT2D eigenvalue weighted by molar-refractivity contribution is 6.65. The van der Waals surface area contributed by atoms with Crippen LogP contribution in [0.4, 0.5) is 22.0 Å². The van der Waals surface area contributed by atoms with E-state index in [-0.39, 0.29) is 87.4 Å². The number of likely N-dealkylation sites (tertiary alicyclic amines) is 1. The van der Waals surface area contributed by atoms with Gasteiger partial charge in [-0.2, -0.15) is 0 Å². The van der Waals surface area contributed by atoms with Gasteiger partial charge in [-0.1, -0.05) is 5.16 Å². The fourth-order valence-electron chi connectivity index (χ4n) is 7.43. The summed E-state index contributed by atoms with van der Waals surface area (Å²) in [6.07, 6.45) is -2.64. The molecule has 4 saturated carbocycles. The first-order valence-electron chi connectivity index (χ1n) is 14.8. The van der Waals surface area contributed by atoms with Gasteiger partial charge in [-0.3, -0.25) is 15.0 Å². The van der Waals surface area contributed by atoms with Crippen LogP contribution in [0.2, 0.25) is 0 Å². The third kappa shape index (κ3) is 5.31. The van der Waals surface area contributed by atoms with E-state index >= 15 is 0 Å². The van der Waals surface area contributed by atoms with Crippen LogP contribution in [0.5, 0.6) is 0 Å². The Bertz CT molecular complexity index is 1500. The molecule has 4 aliphatic carbocycles. The number of alkyl halides is 5. The molecule has 0 spiro atoms. The average Bonchev–Trinajstić information content (AvgIpc) is 3.39. The number of aromatic nitrogens is 3. The van der Waals surface area contributed by atoms with E-state index in [0.29, 0.717) is 11.2 Å². The molecule has 0 aromatic carbocycles. The molecule has 5 fully saturated rings. The Morgan fingerprint density at radius 3 is 2.41 bits per heavy atom. The van der Waals surface area contributed by atoms with Crippen molar-refractivity contribution < 1.29 is 36.7 Å². The van der Waals surface area contributed by atoms with E-state index in [2.05, 4.69) is 25.4 Å². The summed E-state index contributed by atoms with van der Waals surface area (Å²) in [6, 6.07) is 1.59. The molecule has 2 amide bonds. The van der Waals surface area contributed by atoms with E-state index in [4.69, 9.17) is 10.6 Å². The molecule has 3 heterocycles. The standard InChI is InChI=1S/C29H34F5N7O3/c1-14(40-44)20(35)25(42)38-21(15-4-7-29(33,34)8-5-15)24-37-18-3-2-17(36-23(18)39-24)19-10-16(22(30)31)6-9-41(19)26(43)27-11-28(32,12-27)13-27/h2-3,15-16,19,21-22,35,44H,4-13H2,1H3,(H,38,42)(H,36,37,39)/b35-20?,40-14-/t16-,19-,21-,27?,28?/m0/s1. The highest BCUT2D eigenvalue weighted by Gasteiger charge is 2.73. The number of hydrogen-bond donors (Lipinski definition) is 4. The molecule has 7 rings (SSSR count). The summed E-state index contributed by atoms with van der Waals surface area (Å²) in [4.78, 5) is 40.2. The predicted molar refractivity (Wildman–Crippen MR) is 148 cm³/mol. The molecule has 238 valence electrons. The number of nitrogens with zero attached hydrogens (tertiary/aromatic N) is 4. The zero-order chi connectivity index (χ0) is 31.6. The Morgan fingerprint density at radius 2 is 1.80 bits per heavy atom. The molecular weight excluding hydrogens is 589 g/mol. The fraction of sp³-hybridized carbons (Fsp3) is 0.655. The van der Waals surface area contributed by atoms with E-state index in [1.54, 1.807) is 17.0 Å². The Kier molecular flexibility index (Phi) is 7.43. The van der Waals surface area contributed by atoms with Crippen molar-refractivity contribution in [2.75, 3.05) is 6.54 Å². The minimum atomic E-state index is -2.83. The van der Waals surface area contributed by atoms with E-state index < -0.39 is 59.0 Å². The maximum absolute atomic E-state index is 14.2. The number of H-pyrrole nitrogens is 1. The lowest BCUT2D eigenvalue weighted by Gasteiger charge is -2.65. The number of aromatic amines is 1. The molecule has 0 unspecified atom stereocenters. The van der Waals surface area contributed by atoms with Crippen molar-refractivity contribution in [1.82, 2.24) is 25.2 Å². The number of pyridine rings is 1. The van der Waals surface area contributed by atoms with Gasteiger partial charge in [-0.25, -0.2) is 31.9 Å². The summed E-state index contributed by atoms with van der Waals surface area (Å²) in [6.45, 7) is 1.38. The number of imidazole rings is 1. The number of fused-ring (bicyclic) bond motifs is 1. The predicted octanol–water partition coefficient (Wildman–Crippen LogP) is 5.25. The summed E-state index contributed by atoms with van der Waals surface area (Å²) in [7, 11) is 0. The molecule has 2 bridgehead atoms. The summed E-state index contributed by atoms with van der Waals surface area (Å²) in [5.41, 5.74) is -1.94. The quantitative estimate of drug-likeness (QED) is 0.137. The number of carbonyl (C=O) groups excluding carboxylic acids is 2. The van der Waals surface area contributed by atoms with Crippen LogP contribution < -0.4 is 5.32 Å². The Morgan fingerprint density at radius 1 is 1.11 bits per heavy atom. The molecule has 1 saturated heterocycles. The molecule has 44 heavy (non-hydrogen) atoms. The minimum absolute atomic E-state index is 0.0150. The Balaban J connectivity index is 1.30. The molecular formula is C29H34F5N7O3. The molecule has 2 aromatic rings. The topological polar surface area (TPSA) is 147 Å². The third-order valence-electron chi connectivity index (χ3n) is 9.96. The van der Waals surface area contributed by atoms with E-state index in [1.165, 1.54) is 6.92 Å². The second kappa shape index (κ2) is 10.8. The zero-order valence-corrected chi connectivity index (χ0v) is 24.1. The zero-order valence-electron chi connectivity index (χ0n) is 24.1. The first-order chi connectivity index (χ1) is 20.7. The summed E-state index contributed by atoms with van der Waals surface area (Å²) in [5.74, 6) is -5.13. The number of carbonyl (C=O) groups is 2. The third-order valence-corrected chi connectivity index (χ3v) is 9.96. The maximum Gasteiger partial charge on any atom is 0.271 e. The number of piperidine rings is 1. The van der Waals surface area contributed by atoms with E-state index in [1.807, 2.05) is 0 Å². The molecule has 1 aliphatic heterocycles. The van der Waals surface area contributed by atoms with Gasteiger partial charge in [0, 0.05) is 25.3 Å². The second-order valence-electron chi connectivity index (χ2n) is 13.0. The van der Waals surface area contributed by atoms with Gasteiger partial charge in [0.2, 0.25) is 18.3 Å². The van der Waals surface area contributed by atoms with Crippen molar-refractivity contribution >= 4 is 34.4 Å². The SMILES string of the molecule is C/C(=N/O)C(=N)C(=O)N[C@H](c1nc2nc([C@@H]3C[C@@H](C(F)F)CCN3C(=O)C34CC(F)(C3)C4)ccc2[nH]1)C1CCC(F)(F)CC1. The smallest absolute Gasteiger partial charge is 0.271 e. The molecule has 15 heteroatoms. The highest BCUT2D eigenvalue weighted by atomic mass is 19.3. The average molecular weight is 624 g/mol. The van der Waals surface area contributed by atoms with Gasteiger partial charge in [-0.15, -0.1) is 0 Å². The first-order valence-corrected chi connectivity index (χ1v) is 14.8. The van der Waals surface area contributed by atoms with E-state index in [9.17, 15) is 31.5 Å². The highest BCUT2D eigenvalue weighted by Crippen LogP contribution is 2.70. The van der Waals surface area contributed by atoms with Crippen LogP contribution in [0.25, 0.3) is 11.2 Å². The van der Waals surface area contributed by atoms with Crippen LogP contribution >= 0.6 is 0 Å². The van der Waals surface area contributed by atoms with Gasteiger partial charge in [0.25, 0.3) is 5.91 Å². The number of oxime groups is 1. The number of nitrogens with one attached hydrogen (secondary N) is 3. The van der Waals surface area contributed by atoms with Crippen LogP contribution in [0.15, 0.2) is 17.3 Å². The van der Waals surface area contributed by atoms with Gasteiger partial charge >= 0.3 is 0 Å². The van der Waals surface area contributed by atoms with Crippen molar-refractivity contribution in [1.29, 1.82) is 5.41 Å². The molecule has 0 radical (unpaired) electrons. The van der Waals surface area contributed by atoms with Crippen molar-refractivity contribution in [2.24, 2.45) is 22.4 Å². The molecule has 4 N–H and O–H groups in total. The van der Waals surface area contributed by atoms with Crippen molar-refractivity contribution in [3.63, 3.8) is 0 Å². The maximum atomic E-state index is 14.2. The lowest BCUT2D eigenvalue weighted by Crippen LogP contribution is -2.70. The summed E-state index contributed by atoms with van der Waals surface area (Å²) in [5, 5.41) is 22.5. The first kappa shape index (κ1) is 30.4. The van der Waals surface area contributed by atoms with Crippen LogP contribution in [-0.2, 0) is 9.59 Å². The normalized spacial score (nSPS) is 30.9. The van der Waals surface area contributed by atoms with E-state index in [0.717, 1.165) is 0 Å².